The molecule has 0 atom stereocenters. The van der Waals surface area contributed by atoms with Crippen LogP contribution in [-0.4, -0.2) is 25.2 Å². The van der Waals surface area contributed by atoms with Crippen LogP contribution < -0.4 is 5.14 Å². The van der Waals surface area contributed by atoms with Gasteiger partial charge in [-0.2, -0.15) is 0 Å². The molecule has 17 heavy (non-hydrogen) atoms. The fourth-order valence-corrected chi connectivity index (χ4v) is 1.69. The van der Waals surface area contributed by atoms with Gasteiger partial charge in [-0.15, -0.1) is 0 Å². The molecule has 0 unspecified atom stereocenters. The zero-order valence-electron chi connectivity index (χ0n) is 10.4. The molecule has 0 aromatic carbocycles. The molecule has 0 saturated carbocycles. The Labute approximate surface area is 104 Å². The van der Waals surface area contributed by atoms with Gasteiger partial charge in [-0.05, 0) is 6.42 Å². The molecule has 0 amide bonds. The molecule has 0 aliphatic heterocycles. The number of nitrogens with two attached hydrogens (primary N) is 1. The number of aliphatic carboxylic acids is 1. The summed E-state index contributed by atoms with van der Waals surface area (Å²) in [6.45, 7) is 5.12. The minimum atomic E-state index is -3.22. The predicted molar refractivity (Wildman–Crippen MR) is 69.2 cm³/mol. The first kappa shape index (κ1) is 18.5. The third-order valence-electron chi connectivity index (χ3n) is 1.96. The molecular weight excluding hydrogens is 242 g/mol. The molecule has 6 heteroatoms. The van der Waals surface area contributed by atoms with Gasteiger partial charge in [-0.25, -0.2) is 18.4 Å². The van der Waals surface area contributed by atoms with Crippen LogP contribution in [0.1, 0.15) is 45.4 Å². The number of unbranched alkanes of at least 4 members (excludes halogenated alkanes) is 5. The Morgan fingerprint density at radius 3 is 2.00 bits per heavy atom. The third kappa shape index (κ3) is 25.4. The van der Waals surface area contributed by atoms with E-state index in [9.17, 15) is 13.2 Å². The number of carboxylic acid groups (broad SMARTS) is 1. The SMILES string of the molecule is C=CC(=O)O.CCCCCCCCS(N)(=O)=O. The van der Waals surface area contributed by atoms with Gasteiger partial charge in [0.05, 0.1) is 5.75 Å². The lowest BCUT2D eigenvalue weighted by Gasteiger charge is -1.98. The van der Waals surface area contributed by atoms with Crippen molar-refractivity contribution in [3.05, 3.63) is 12.7 Å². The van der Waals surface area contributed by atoms with Crippen molar-refractivity contribution in [2.75, 3.05) is 5.75 Å². The molecule has 0 bridgehead atoms. The topological polar surface area (TPSA) is 97.5 Å². The Bertz CT molecular complexity index is 299. The average molecular weight is 265 g/mol. The van der Waals surface area contributed by atoms with E-state index in [1.807, 2.05) is 0 Å². The van der Waals surface area contributed by atoms with Crippen LogP contribution >= 0.6 is 0 Å². The van der Waals surface area contributed by atoms with E-state index in [4.69, 9.17) is 10.2 Å². The van der Waals surface area contributed by atoms with Gasteiger partial charge in [0.1, 0.15) is 0 Å². The highest BCUT2D eigenvalue weighted by molar-refractivity contribution is 7.89. The number of sulfonamides is 1. The molecule has 0 spiro atoms. The molecule has 0 radical (unpaired) electrons. The number of primary sulfonamides is 1. The Balaban J connectivity index is 0. The van der Waals surface area contributed by atoms with Crippen molar-refractivity contribution in [2.45, 2.75) is 45.4 Å². The van der Waals surface area contributed by atoms with Gasteiger partial charge < -0.3 is 5.11 Å². The number of rotatable bonds is 8. The van der Waals surface area contributed by atoms with Gasteiger partial charge in [0.15, 0.2) is 0 Å². The lowest BCUT2D eigenvalue weighted by atomic mass is 10.1. The van der Waals surface area contributed by atoms with Crippen LogP contribution in [-0.2, 0) is 14.8 Å². The molecule has 0 aliphatic rings. The van der Waals surface area contributed by atoms with Gasteiger partial charge in [-0.1, -0.05) is 45.6 Å². The van der Waals surface area contributed by atoms with Crippen molar-refractivity contribution in [3.63, 3.8) is 0 Å². The van der Waals surface area contributed by atoms with Gasteiger partial charge in [0.2, 0.25) is 10.0 Å². The quantitative estimate of drug-likeness (QED) is 0.517. The molecule has 0 fully saturated rings. The van der Waals surface area contributed by atoms with E-state index in [-0.39, 0.29) is 5.75 Å². The fourth-order valence-electron chi connectivity index (χ4n) is 1.08. The number of carboxylic acids is 1. The molecular formula is C11H23NO4S. The second kappa shape index (κ2) is 11.6. The highest BCUT2D eigenvalue weighted by Crippen LogP contribution is 2.05. The summed E-state index contributed by atoms with van der Waals surface area (Å²) in [5, 5.41) is 12.5. The van der Waals surface area contributed by atoms with Crippen LogP contribution in [0, 0.1) is 0 Å². The second-order valence-electron chi connectivity index (χ2n) is 3.68. The first-order chi connectivity index (χ1) is 7.83. The third-order valence-corrected chi connectivity index (χ3v) is 2.81. The van der Waals surface area contributed by atoms with E-state index in [1.54, 1.807) is 0 Å². The molecule has 0 aromatic rings. The summed E-state index contributed by atoms with van der Waals surface area (Å²) in [6.07, 6.45) is 7.33. The van der Waals surface area contributed by atoms with Crippen LogP contribution in [0.25, 0.3) is 0 Å². The number of carbonyl (C=O) groups is 1. The van der Waals surface area contributed by atoms with Crippen LogP contribution in [0.15, 0.2) is 12.7 Å². The number of hydrogen-bond acceptors (Lipinski definition) is 3. The molecule has 0 aliphatic carbocycles. The molecule has 5 nitrogen and oxygen atoms in total. The molecule has 3 N–H and O–H groups in total. The highest BCUT2D eigenvalue weighted by Gasteiger charge is 2.00. The predicted octanol–water partition coefficient (Wildman–Crippen LogP) is 1.89. The maximum Gasteiger partial charge on any atom is 0.327 e. The van der Waals surface area contributed by atoms with E-state index in [1.165, 1.54) is 19.3 Å². The summed E-state index contributed by atoms with van der Waals surface area (Å²) < 4.78 is 21.0. The lowest BCUT2D eigenvalue weighted by Crippen LogP contribution is -2.16. The normalized spacial score (nSPS) is 10.2. The standard InChI is InChI=1S/C8H19NO2S.C3H4O2/c1-2-3-4-5-6-7-8-12(9,10)11;1-2-3(4)5/h2-8H2,1H3,(H2,9,10,11);2H,1H2,(H,4,5). The van der Waals surface area contributed by atoms with Crippen molar-refractivity contribution < 1.29 is 18.3 Å². The van der Waals surface area contributed by atoms with Crippen LogP contribution in [0.4, 0.5) is 0 Å². The summed E-state index contributed by atoms with van der Waals surface area (Å²) in [5.74, 6) is -0.843. The van der Waals surface area contributed by atoms with Gasteiger partial charge in [0, 0.05) is 6.08 Å². The van der Waals surface area contributed by atoms with Gasteiger partial charge in [-0.3, -0.25) is 0 Å². The highest BCUT2D eigenvalue weighted by atomic mass is 32.2. The van der Waals surface area contributed by atoms with E-state index >= 15 is 0 Å². The zero-order valence-corrected chi connectivity index (χ0v) is 11.2. The Morgan fingerprint density at radius 2 is 1.65 bits per heavy atom. The maximum atomic E-state index is 10.5. The van der Waals surface area contributed by atoms with Crippen LogP contribution in [0.5, 0.6) is 0 Å². The summed E-state index contributed by atoms with van der Waals surface area (Å²) in [7, 11) is -3.22. The van der Waals surface area contributed by atoms with Crippen molar-refractivity contribution in [1.29, 1.82) is 0 Å². The first-order valence-corrected chi connectivity index (χ1v) is 7.40. The Kier molecular flexibility index (Phi) is 12.6. The van der Waals surface area contributed by atoms with Crippen molar-refractivity contribution in [3.8, 4) is 0 Å². The Morgan fingerprint density at radius 1 is 1.24 bits per heavy atom. The molecule has 0 heterocycles. The Hall–Kier alpha value is -0.880. The molecule has 0 saturated heterocycles. The van der Waals surface area contributed by atoms with Crippen molar-refractivity contribution >= 4 is 16.0 Å². The van der Waals surface area contributed by atoms with Gasteiger partial charge >= 0.3 is 5.97 Å². The van der Waals surface area contributed by atoms with Crippen LogP contribution in [0.3, 0.4) is 0 Å². The summed E-state index contributed by atoms with van der Waals surface area (Å²) in [5.41, 5.74) is 0. The largest absolute Gasteiger partial charge is 0.478 e. The van der Waals surface area contributed by atoms with Crippen molar-refractivity contribution in [2.24, 2.45) is 5.14 Å². The maximum absolute atomic E-state index is 10.5. The fraction of sp³-hybridized carbons (Fsp3) is 0.727. The lowest BCUT2D eigenvalue weighted by molar-refractivity contribution is -0.131. The summed E-state index contributed by atoms with van der Waals surface area (Å²) >= 11 is 0. The minimum Gasteiger partial charge on any atom is -0.478 e. The van der Waals surface area contributed by atoms with E-state index in [2.05, 4.69) is 13.5 Å². The average Bonchev–Trinajstić information content (AvgIpc) is 2.22. The van der Waals surface area contributed by atoms with Crippen LogP contribution in [0.2, 0.25) is 0 Å². The minimum absolute atomic E-state index is 0.138. The van der Waals surface area contributed by atoms with Crippen molar-refractivity contribution in [1.82, 2.24) is 0 Å². The molecule has 0 aromatic heterocycles. The zero-order chi connectivity index (χ0) is 13.7. The first-order valence-electron chi connectivity index (χ1n) is 5.69. The molecule has 0 rings (SSSR count). The van der Waals surface area contributed by atoms with Gasteiger partial charge in [0.25, 0.3) is 0 Å². The second-order valence-corrected chi connectivity index (χ2v) is 5.41. The monoisotopic (exact) mass is 265 g/mol. The smallest absolute Gasteiger partial charge is 0.327 e. The molecule has 102 valence electrons. The van der Waals surface area contributed by atoms with E-state index in [0.717, 1.165) is 18.9 Å². The van der Waals surface area contributed by atoms with E-state index < -0.39 is 16.0 Å². The van der Waals surface area contributed by atoms with E-state index in [0.29, 0.717) is 6.42 Å². The summed E-state index contributed by atoms with van der Waals surface area (Å²) in [6, 6.07) is 0. The summed E-state index contributed by atoms with van der Waals surface area (Å²) in [4.78, 5) is 9.25. The number of hydrogen-bond donors (Lipinski definition) is 2.